The fourth-order valence-electron chi connectivity index (χ4n) is 3.22. The summed E-state index contributed by atoms with van der Waals surface area (Å²) in [6.07, 6.45) is 6.88. The fourth-order valence-corrected chi connectivity index (χ4v) is 3.22. The van der Waals surface area contributed by atoms with Crippen molar-refractivity contribution in [2.24, 2.45) is 5.16 Å². The molecule has 0 spiro atoms. The van der Waals surface area contributed by atoms with E-state index in [4.69, 9.17) is 9.57 Å². The normalized spacial score (nSPS) is 18.8. The molecule has 0 aromatic carbocycles. The number of carbonyl (C=O) groups is 1. The van der Waals surface area contributed by atoms with E-state index < -0.39 is 0 Å². The van der Waals surface area contributed by atoms with Gasteiger partial charge >= 0.3 is 6.09 Å². The van der Waals surface area contributed by atoms with Gasteiger partial charge < -0.3 is 19.4 Å². The van der Waals surface area contributed by atoms with E-state index in [1.54, 1.807) is 11.1 Å². The van der Waals surface area contributed by atoms with Crippen molar-refractivity contribution in [1.82, 2.24) is 9.88 Å². The Balaban J connectivity index is 1.39. The molecule has 1 aromatic heterocycles. The quantitative estimate of drug-likeness (QED) is 0.772. The molecule has 7 nitrogen and oxygen atoms in total. The highest BCUT2D eigenvalue weighted by molar-refractivity contribution is 5.86. The summed E-state index contributed by atoms with van der Waals surface area (Å²) in [5.74, 6) is 0. The van der Waals surface area contributed by atoms with Gasteiger partial charge in [-0.15, -0.1) is 0 Å². The van der Waals surface area contributed by atoms with E-state index in [1.807, 2.05) is 26.1 Å². The molecule has 1 amide bonds. The molecular weight excluding hydrogens is 332 g/mol. The number of hydrogen-bond donors (Lipinski definition) is 0. The zero-order valence-corrected chi connectivity index (χ0v) is 15.6. The van der Waals surface area contributed by atoms with Crippen molar-refractivity contribution in [3.8, 4) is 0 Å². The summed E-state index contributed by atoms with van der Waals surface area (Å²) in [6, 6.07) is 4.05. The van der Waals surface area contributed by atoms with Crippen molar-refractivity contribution in [2.75, 3.05) is 31.1 Å². The number of piperidine rings is 2. The van der Waals surface area contributed by atoms with Crippen LogP contribution in [0.25, 0.3) is 0 Å². The van der Waals surface area contributed by atoms with Gasteiger partial charge in [-0.3, -0.25) is 4.98 Å². The molecule has 0 aliphatic carbocycles. The molecule has 2 fully saturated rings. The number of anilines is 1. The number of ether oxygens (including phenoxy) is 1. The standard InChI is InChI=1S/C19H28N4O3/c1-15(2)25-19(24)23-12-7-18(8-13-23)26-21-16-5-10-22(11-6-16)17-4-3-9-20-14-17/h3-4,9,14-15,18H,5-8,10-13H2,1-2H3. The fraction of sp³-hybridized carbons (Fsp3) is 0.632. The van der Waals surface area contributed by atoms with Gasteiger partial charge in [0.25, 0.3) is 0 Å². The van der Waals surface area contributed by atoms with Crippen molar-refractivity contribution in [3.63, 3.8) is 0 Å². The zero-order chi connectivity index (χ0) is 18.4. The maximum absolute atomic E-state index is 11.9. The number of aromatic nitrogens is 1. The molecule has 7 heteroatoms. The van der Waals surface area contributed by atoms with Gasteiger partial charge in [0.15, 0.2) is 0 Å². The maximum atomic E-state index is 11.9. The zero-order valence-electron chi connectivity index (χ0n) is 15.6. The van der Waals surface area contributed by atoms with E-state index in [1.165, 1.54) is 0 Å². The Labute approximate surface area is 155 Å². The largest absolute Gasteiger partial charge is 0.447 e. The van der Waals surface area contributed by atoms with Crippen LogP contribution in [0.4, 0.5) is 10.5 Å². The summed E-state index contributed by atoms with van der Waals surface area (Å²) in [4.78, 5) is 25.9. The summed E-state index contributed by atoms with van der Waals surface area (Å²) < 4.78 is 5.24. The van der Waals surface area contributed by atoms with E-state index in [0.717, 1.165) is 50.2 Å². The molecule has 2 aliphatic rings. The maximum Gasteiger partial charge on any atom is 0.410 e. The Bertz CT molecular complexity index is 602. The lowest BCUT2D eigenvalue weighted by molar-refractivity contribution is 0.00415. The Hall–Kier alpha value is -2.31. The number of carbonyl (C=O) groups excluding carboxylic acids is 1. The van der Waals surface area contributed by atoms with Crippen LogP contribution >= 0.6 is 0 Å². The second kappa shape index (κ2) is 8.87. The Kier molecular flexibility index (Phi) is 6.30. The van der Waals surface area contributed by atoms with Gasteiger partial charge in [-0.05, 0) is 26.0 Å². The highest BCUT2D eigenvalue weighted by Crippen LogP contribution is 2.19. The highest BCUT2D eigenvalue weighted by Gasteiger charge is 2.25. The number of hydrogen-bond acceptors (Lipinski definition) is 6. The summed E-state index contributed by atoms with van der Waals surface area (Å²) in [6.45, 7) is 6.93. The minimum atomic E-state index is -0.229. The Morgan fingerprint density at radius 2 is 1.96 bits per heavy atom. The first-order valence-corrected chi connectivity index (χ1v) is 9.44. The van der Waals surface area contributed by atoms with E-state index in [9.17, 15) is 4.79 Å². The summed E-state index contributed by atoms with van der Waals surface area (Å²) >= 11 is 0. The monoisotopic (exact) mass is 360 g/mol. The molecule has 142 valence electrons. The smallest absolute Gasteiger partial charge is 0.410 e. The lowest BCUT2D eigenvalue weighted by Gasteiger charge is -2.31. The predicted molar refractivity (Wildman–Crippen MR) is 100 cm³/mol. The second-order valence-electron chi connectivity index (χ2n) is 7.08. The number of pyridine rings is 1. The summed E-state index contributed by atoms with van der Waals surface area (Å²) in [7, 11) is 0. The minimum absolute atomic E-state index is 0.0830. The van der Waals surface area contributed by atoms with Gasteiger partial charge in [0.2, 0.25) is 0 Å². The number of oxime groups is 1. The van der Waals surface area contributed by atoms with E-state index in [-0.39, 0.29) is 18.3 Å². The molecule has 0 bridgehead atoms. The molecule has 0 atom stereocenters. The number of rotatable bonds is 4. The van der Waals surface area contributed by atoms with Crippen molar-refractivity contribution < 1.29 is 14.4 Å². The molecule has 0 radical (unpaired) electrons. The van der Waals surface area contributed by atoms with Crippen LogP contribution in [-0.4, -0.2) is 60.1 Å². The average molecular weight is 360 g/mol. The van der Waals surface area contributed by atoms with Crippen molar-refractivity contribution >= 4 is 17.5 Å². The van der Waals surface area contributed by atoms with Crippen LogP contribution in [0.5, 0.6) is 0 Å². The second-order valence-corrected chi connectivity index (χ2v) is 7.08. The van der Waals surface area contributed by atoms with Gasteiger partial charge in [-0.1, -0.05) is 5.16 Å². The van der Waals surface area contributed by atoms with Crippen molar-refractivity contribution in [3.05, 3.63) is 24.5 Å². The molecule has 0 unspecified atom stereocenters. The summed E-state index contributed by atoms with van der Waals surface area (Å²) in [5, 5.41) is 4.39. The summed E-state index contributed by atoms with van der Waals surface area (Å²) in [5.41, 5.74) is 2.28. The molecule has 26 heavy (non-hydrogen) atoms. The number of amides is 1. The number of likely N-dealkylation sites (tertiary alicyclic amines) is 1. The van der Waals surface area contributed by atoms with Crippen LogP contribution in [0.1, 0.15) is 39.5 Å². The van der Waals surface area contributed by atoms with Crippen molar-refractivity contribution in [2.45, 2.75) is 51.7 Å². The topological polar surface area (TPSA) is 67.3 Å². The first-order chi connectivity index (χ1) is 12.6. The van der Waals surface area contributed by atoms with Crippen molar-refractivity contribution in [1.29, 1.82) is 0 Å². The van der Waals surface area contributed by atoms with Crippen LogP contribution in [0, 0.1) is 0 Å². The molecule has 0 N–H and O–H groups in total. The molecule has 2 aliphatic heterocycles. The lowest BCUT2D eigenvalue weighted by atomic mass is 10.1. The lowest BCUT2D eigenvalue weighted by Crippen LogP contribution is -2.41. The third-order valence-corrected chi connectivity index (χ3v) is 4.72. The Morgan fingerprint density at radius 3 is 2.58 bits per heavy atom. The van der Waals surface area contributed by atoms with Gasteiger partial charge in [0.05, 0.1) is 23.7 Å². The third-order valence-electron chi connectivity index (χ3n) is 4.72. The first kappa shape index (κ1) is 18.5. The Morgan fingerprint density at radius 1 is 1.23 bits per heavy atom. The predicted octanol–water partition coefficient (Wildman–Crippen LogP) is 3.06. The first-order valence-electron chi connectivity index (χ1n) is 9.44. The van der Waals surface area contributed by atoms with Gasteiger partial charge in [0.1, 0.15) is 6.10 Å². The average Bonchev–Trinajstić information content (AvgIpc) is 2.67. The van der Waals surface area contributed by atoms with Gasteiger partial charge in [-0.2, -0.15) is 0 Å². The molecule has 3 rings (SSSR count). The van der Waals surface area contributed by atoms with Crippen LogP contribution in [-0.2, 0) is 9.57 Å². The molecule has 3 heterocycles. The van der Waals surface area contributed by atoms with Crippen LogP contribution in [0.15, 0.2) is 29.7 Å². The highest BCUT2D eigenvalue weighted by atomic mass is 16.6. The molecular formula is C19H28N4O3. The number of nitrogens with zero attached hydrogens (tertiary/aromatic N) is 4. The van der Waals surface area contributed by atoms with Crippen LogP contribution in [0.3, 0.4) is 0 Å². The van der Waals surface area contributed by atoms with Gasteiger partial charge in [0, 0.05) is 58.1 Å². The van der Waals surface area contributed by atoms with Crippen LogP contribution in [0.2, 0.25) is 0 Å². The molecule has 2 saturated heterocycles. The SMILES string of the molecule is CC(C)OC(=O)N1CCC(ON=C2CCN(c3cccnc3)CC2)CC1. The molecule has 1 aromatic rings. The van der Waals surface area contributed by atoms with E-state index in [0.29, 0.717) is 13.1 Å². The van der Waals surface area contributed by atoms with Crippen LogP contribution < -0.4 is 4.90 Å². The van der Waals surface area contributed by atoms with E-state index >= 15 is 0 Å². The van der Waals surface area contributed by atoms with E-state index in [2.05, 4.69) is 21.1 Å². The minimum Gasteiger partial charge on any atom is -0.447 e. The molecule has 0 saturated carbocycles. The third kappa shape index (κ3) is 5.09. The van der Waals surface area contributed by atoms with Gasteiger partial charge in [-0.25, -0.2) is 4.79 Å².